The van der Waals surface area contributed by atoms with Crippen molar-refractivity contribution in [1.29, 1.82) is 0 Å². The van der Waals surface area contributed by atoms with E-state index in [0.717, 1.165) is 6.08 Å². The summed E-state index contributed by atoms with van der Waals surface area (Å²) in [6.45, 7) is 6.44. The first-order chi connectivity index (χ1) is 5.00. The third-order valence-corrected chi connectivity index (χ3v) is 1.22. The molecule has 0 rings (SSSR count). The summed E-state index contributed by atoms with van der Waals surface area (Å²) in [6, 6.07) is 0. The van der Waals surface area contributed by atoms with Crippen LogP contribution in [0, 0.1) is 0 Å². The molecule has 0 aromatic carbocycles. The Balaban J connectivity index is 4.87. The van der Waals surface area contributed by atoms with Gasteiger partial charge in [-0.05, 0) is 6.08 Å². The van der Waals surface area contributed by atoms with Crippen molar-refractivity contribution in [3.8, 4) is 0 Å². The average Bonchev–Trinajstić information content (AvgIpc) is 1.85. The summed E-state index contributed by atoms with van der Waals surface area (Å²) in [7, 11) is -1.84. The van der Waals surface area contributed by atoms with Crippen LogP contribution in [0.5, 0.6) is 0 Å². The molecule has 0 aromatic heterocycles. The Kier molecular flexibility index (Phi) is 3.96. The molecule has 0 fully saturated rings. The van der Waals surface area contributed by atoms with Gasteiger partial charge in [0.1, 0.15) is 5.76 Å². The molecule has 3 N–H and O–H groups in total. The van der Waals surface area contributed by atoms with Gasteiger partial charge in [0.15, 0.2) is 0 Å². The molecule has 0 bridgehead atoms. The molecule has 0 saturated heterocycles. The van der Waals surface area contributed by atoms with Gasteiger partial charge in [0.05, 0.1) is 0 Å². The Hall–Kier alpha value is -0.705. The lowest BCUT2D eigenvalue weighted by Gasteiger charge is -2.04. The highest BCUT2D eigenvalue weighted by Crippen LogP contribution is 2.16. The summed E-state index contributed by atoms with van der Waals surface area (Å²) in [6.07, 6.45) is 1.04. The van der Waals surface area contributed by atoms with Gasteiger partial charge in [-0.25, -0.2) is 0 Å². The first kappa shape index (κ1) is 10.3. The lowest BCUT2D eigenvalue weighted by Crippen LogP contribution is -2.17. The molecule has 0 aliphatic rings. The predicted octanol–water partition coefficient (Wildman–Crippen LogP) is 0.749. The van der Waals surface area contributed by atoms with E-state index in [-0.39, 0.29) is 16.3 Å². The van der Waals surface area contributed by atoms with E-state index in [2.05, 4.69) is 13.2 Å². The minimum Gasteiger partial charge on any atom is -0.508 e. The zero-order chi connectivity index (χ0) is 9.02. The van der Waals surface area contributed by atoms with Crippen molar-refractivity contribution in [3.05, 3.63) is 35.5 Å². The fourth-order valence-electron chi connectivity index (χ4n) is 0.521. The Labute approximate surface area is 70.1 Å². The number of hydrogen-bond acceptors (Lipinski definition) is 3. The van der Waals surface area contributed by atoms with Gasteiger partial charge in [0, 0.05) is 10.5 Å². The van der Waals surface area contributed by atoms with Crippen LogP contribution in [-0.2, 0) is 0 Å². The minimum atomic E-state index is -1.84. The molecule has 3 nitrogen and oxygen atoms in total. The van der Waals surface area contributed by atoms with Gasteiger partial charge < -0.3 is 15.2 Å². The summed E-state index contributed by atoms with van der Waals surface area (Å²) in [5.74, 6) is -0.389. The Bertz CT molecular complexity index is 210. The molecule has 0 unspecified atom stereocenters. The lowest BCUT2D eigenvalue weighted by molar-refractivity contribution is 0.401. The van der Waals surface area contributed by atoms with E-state index in [1.54, 1.807) is 0 Å². The summed E-state index contributed by atoms with van der Waals surface area (Å²) >= 11 is 5.33. The zero-order valence-corrected chi connectivity index (χ0v) is 6.54. The van der Waals surface area contributed by atoms with Crippen LogP contribution in [0.15, 0.2) is 35.5 Å². The first-order valence-electron chi connectivity index (χ1n) is 2.77. The van der Waals surface area contributed by atoms with E-state index in [0.29, 0.717) is 0 Å². The SMILES string of the molecule is C=C/C(O)=C(/B(O)O)C(=C)Cl. The van der Waals surface area contributed by atoms with Gasteiger partial charge in [-0.15, -0.1) is 0 Å². The second kappa shape index (κ2) is 4.23. The molecule has 5 heteroatoms. The van der Waals surface area contributed by atoms with Crippen LogP contribution in [0.3, 0.4) is 0 Å². The van der Waals surface area contributed by atoms with E-state index in [4.69, 9.17) is 26.8 Å². The number of hydrogen-bond donors (Lipinski definition) is 3. The number of halogens is 1. The van der Waals surface area contributed by atoms with E-state index in [1.165, 1.54) is 0 Å². The maximum absolute atomic E-state index is 8.95. The lowest BCUT2D eigenvalue weighted by atomic mass is 9.78. The highest BCUT2D eigenvalue weighted by Gasteiger charge is 2.20. The van der Waals surface area contributed by atoms with E-state index in [1.807, 2.05) is 0 Å². The average molecular weight is 174 g/mol. The molecular weight excluding hydrogens is 166 g/mol. The zero-order valence-electron chi connectivity index (χ0n) is 5.79. The normalized spacial score (nSPS) is 11.9. The topological polar surface area (TPSA) is 60.7 Å². The molecule has 0 aliphatic heterocycles. The molecule has 0 atom stereocenters. The standard InChI is InChI=1S/C6H8BClO3/c1-3-5(9)6(4(2)8)7(10)11/h3,9-11H,1-2H2/b6-5-. The van der Waals surface area contributed by atoms with Crippen molar-refractivity contribution in [2.45, 2.75) is 0 Å². The highest BCUT2D eigenvalue weighted by atomic mass is 35.5. The Morgan fingerprint density at radius 1 is 1.45 bits per heavy atom. The summed E-state index contributed by atoms with van der Waals surface area (Å²) in [5, 5.41) is 26.1. The molecule has 0 heterocycles. The minimum absolute atomic E-state index is 0.127. The van der Waals surface area contributed by atoms with Crippen LogP contribution in [0.2, 0.25) is 0 Å². The summed E-state index contributed by atoms with van der Waals surface area (Å²) < 4.78 is 0. The molecule has 0 radical (unpaired) electrons. The third kappa shape index (κ3) is 2.80. The molecule has 0 amide bonds. The van der Waals surface area contributed by atoms with E-state index in [9.17, 15) is 0 Å². The fourth-order valence-corrected chi connectivity index (χ4v) is 0.716. The first-order valence-corrected chi connectivity index (χ1v) is 3.15. The van der Waals surface area contributed by atoms with Gasteiger partial charge in [0.25, 0.3) is 0 Å². The molecule has 0 aromatic rings. The van der Waals surface area contributed by atoms with E-state index >= 15 is 0 Å². The van der Waals surface area contributed by atoms with Crippen LogP contribution < -0.4 is 0 Å². The molecule has 0 aliphatic carbocycles. The van der Waals surface area contributed by atoms with Gasteiger partial charge in [0.2, 0.25) is 0 Å². The van der Waals surface area contributed by atoms with Gasteiger partial charge in [-0.2, -0.15) is 0 Å². The second-order valence-electron chi connectivity index (χ2n) is 1.78. The molecule has 11 heavy (non-hydrogen) atoms. The van der Waals surface area contributed by atoms with Crippen molar-refractivity contribution >= 4 is 18.7 Å². The predicted molar refractivity (Wildman–Crippen MR) is 45.0 cm³/mol. The molecule has 0 saturated carbocycles. The molecule has 0 spiro atoms. The molecular formula is C6H8BClO3. The van der Waals surface area contributed by atoms with Crippen LogP contribution in [0.4, 0.5) is 0 Å². The van der Waals surface area contributed by atoms with Gasteiger partial charge in [-0.1, -0.05) is 24.8 Å². The molecule has 60 valence electrons. The monoisotopic (exact) mass is 174 g/mol. The summed E-state index contributed by atoms with van der Waals surface area (Å²) in [5.41, 5.74) is -0.235. The fraction of sp³-hybridized carbons (Fsp3) is 0. The van der Waals surface area contributed by atoms with Crippen LogP contribution >= 0.6 is 11.6 Å². The largest absolute Gasteiger partial charge is 0.508 e. The van der Waals surface area contributed by atoms with Crippen molar-refractivity contribution in [2.75, 3.05) is 0 Å². The maximum Gasteiger partial charge on any atom is 0.493 e. The van der Waals surface area contributed by atoms with Crippen molar-refractivity contribution in [2.24, 2.45) is 0 Å². The maximum atomic E-state index is 8.95. The number of aliphatic hydroxyl groups excluding tert-OH is 1. The van der Waals surface area contributed by atoms with Gasteiger partial charge >= 0.3 is 7.12 Å². The Morgan fingerprint density at radius 2 is 1.91 bits per heavy atom. The van der Waals surface area contributed by atoms with Crippen molar-refractivity contribution in [1.82, 2.24) is 0 Å². The van der Waals surface area contributed by atoms with Crippen molar-refractivity contribution < 1.29 is 15.2 Å². The number of aliphatic hydroxyl groups is 1. The highest BCUT2D eigenvalue weighted by molar-refractivity contribution is 6.57. The van der Waals surface area contributed by atoms with Crippen molar-refractivity contribution in [3.63, 3.8) is 0 Å². The number of allylic oxidation sites excluding steroid dienone is 3. The van der Waals surface area contributed by atoms with Gasteiger partial charge in [-0.3, -0.25) is 0 Å². The van der Waals surface area contributed by atoms with E-state index < -0.39 is 7.12 Å². The smallest absolute Gasteiger partial charge is 0.493 e. The van der Waals surface area contributed by atoms with Crippen LogP contribution in [0.25, 0.3) is 0 Å². The second-order valence-corrected chi connectivity index (χ2v) is 2.24. The summed E-state index contributed by atoms with van der Waals surface area (Å²) in [4.78, 5) is 0. The Morgan fingerprint density at radius 3 is 2.00 bits per heavy atom. The van der Waals surface area contributed by atoms with Crippen LogP contribution in [0.1, 0.15) is 0 Å². The third-order valence-electron chi connectivity index (χ3n) is 1.02. The quantitative estimate of drug-likeness (QED) is 0.336. The van der Waals surface area contributed by atoms with Crippen LogP contribution in [-0.4, -0.2) is 22.3 Å². The number of rotatable bonds is 3.